The third-order valence-corrected chi connectivity index (χ3v) is 6.25. The summed E-state index contributed by atoms with van der Waals surface area (Å²) in [6.07, 6.45) is 5.69. The number of aromatic amines is 1. The first-order chi connectivity index (χ1) is 16.0. The van der Waals surface area contributed by atoms with E-state index in [2.05, 4.69) is 9.97 Å². The molecule has 3 heterocycles. The molecule has 7 heteroatoms. The number of nitrogens with zero attached hydrogens (tertiary/aromatic N) is 4. The molecule has 5 rings (SSSR count). The zero-order valence-electron chi connectivity index (χ0n) is 18.8. The summed E-state index contributed by atoms with van der Waals surface area (Å²) >= 11 is 0. The Morgan fingerprint density at radius 3 is 2.88 bits per heavy atom. The van der Waals surface area contributed by atoms with Crippen molar-refractivity contribution in [1.82, 2.24) is 19.9 Å². The number of para-hydroxylation sites is 1. The van der Waals surface area contributed by atoms with Crippen LogP contribution in [-0.4, -0.2) is 46.4 Å². The highest BCUT2D eigenvalue weighted by Gasteiger charge is 2.33. The Morgan fingerprint density at radius 2 is 2.06 bits per heavy atom. The van der Waals surface area contributed by atoms with Crippen LogP contribution in [-0.2, 0) is 11.2 Å². The molecule has 1 unspecified atom stereocenters. The number of nitrogens with one attached hydrogen (secondary N) is 1. The Kier molecular flexibility index (Phi) is 5.54. The molecule has 0 spiro atoms. The van der Waals surface area contributed by atoms with Crippen molar-refractivity contribution < 1.29 is 9.18 Å². The highest BCUT2D eigenvalue weighted by atomic mass is 19.1. The van der Waals surface area contributed by atoms with Gasteiger partial charge in [-0.3, -0.25) is 4.79 Å². The topological polar surface area (TPSA) is 65.1 Å². The molecule has 2 aromatic carbocycles. The van der Waals surface area contributed by atoms with E-state index in [0.29, 0.717) is 24.5 Å². The minimum Gasteiger partial charge on any atom is -0.361 e. The summed E-state index contributed by atoms with van der Waals surface area (Å²) in [7, 11) is 3.77. The van der Waals surface area contributed by atoms with Crippen LogP contribution in [0.15, 0.2) is 60.9 Å². The predicted octanol–water partition coefficient (Wildman–Crippen LogP) is 4.74. The largest absolute Gasteiger partial charge is 0.361 e. The van der Waals surface area contributed by atoms with Gasteiger partial charge in [0.15, 0.2) is 0 Å². The molecule has 0 bridgehead atoms. The molecule has 1 saturated heterocycles. The van der Waals surface area contributed by atoms with Gasteiger partial charge in [-0.15, -0.1) is 0 Å². The van der Waals surface area contributed by atoms with Crippen molar-refractivity contribution in [3.8, 4) is 11.1 Å². The molecule has 0 saturated carbocycles. The molecular weight excluding hydrogens is 417 g/mol. The van der Waals surface area contributed by atoms with E-state index in [0.717, 1.165) is 40.6 Å². The summed E-state index contributed by atoms with van der Waals surface area (Å²) in [5.74, 6) is 0.326. The van der Waals surface area contributed by atoms with Gasteiger partial charge in [-0.25, -0.2) is 14.4 Å². The van der Waals surface area contributed by atoms with Crippen molar-refractivity contribution in [3.63, 3.8) is 0 Å². The van der Waals surface area contributed by atoms with Gasteiger partial charge in [0.1, 0.15) is 5.82 Å². The molecule has 1 atom stereocenters. The van der Waals surface area contributed by atoms with E-state index in [1.54, 1.807) is 12.3 Å². The fourth-order valence-electron chi connectivity index (χ4n) is 4.62. The monoisotopic (exact) mass is 443 g/mol. The van der Waals surface area contributed by atoms with Crippen LogP contribution in [0.5, 0.6) is 0 Å². The van der Waals surface area contributed by atoms with E-state index in [4.69, 9.17) is 4.98 Å². The number of aromatic nitrogens is 3. The first-order valence-corrected chi connectivity index (χ1v) is 11.2. The minimum absolute atomic E-state index is 0.0671. The summed E-state index contributed by atoms with van der Waals surface area (Å²) in [6.45, 7) is 0.676. The number of rotatable bonds is 5. The van der Waals surface area contributed by atoms with Crippen LogP contribution in [0, 0.1) is 5.82 Å². The van der Waals surface area contributed by atoms with Crippen molar-refractivity contribution in [3.05, 3.63) is 78.0 Å². The molecule has 6 nitrogen and oxygen atoms in total. The quantitative estimate of drug-likeness (QED) is 0.484. The second kappa shape index (κ2) is 8.65. The number of H-pyrrole nitrogens is 1. The van der Waals surface area contributed by atoms with E-state index in [9.17, 15) is 9.18 Å². The van der Waals surface area contributed by atoms with Crippen LogP contribution in [0.2, 0.25) is 0 Å². The SMILES string of the molecule is CN(C)c1ncc(-c2cccc(F)c2)c(C2CCCN2C(=O)Cc2c[nH]c3ccccc23)n1. The van der Waals surface area contributed by atoms with Crippen molar-refractivity contribution in [1.29, 1.82) is 0 Å². The van der Waals surface area contributed by atoms with Gasteiger partial charge >= 0.3 is 0 Å². The molecule has 0 radical (unpaired) electrons. The maximum Gasteiger partial charge on any atom is 0.227 e. The molecule has 1 amide bonds. The maximum absolute atomic E-state index is 14.0. The predicted molar refractivity (Wildman–Crippen MR) is 127 cm³/mol. The standard InChI is InChI=1S/C26H26FN5O/c1-31(2)26-29-16-21(17-7-5-8-19(27)13-17)25(30-26)23-11-6-12-32(23)24(33)14-18-15-28-22-10-4-3-9-20(18)22/h3-5,7-10,13,15-16,23,28H,6,11-12,14H2,1-2H3. The van der Waals surface area contributed by atoms with Gasteiger partial charge in [0.05, 0.1) is 18.2 Å². The molecule has 1 aliphatic rings. The van der Waals surface area contributed by atoms with Crippen molar-refractivity contribution in [2.75, 3.05) is 25.5 Å². The number of halogens is 1. The van der Waals surface area contributed by atoms with Gasteiger partial charge in [0, 0.05) is 49.5 Å². The number of fused-ring (bicyclic) bond motifs is 1. The van der Waals surface area contributed by atoms with Crippen molar-refractivity contribution in [2.24, 2.45) is 0 Å². The molecule has 33 heavy (non-hydrogen) atoms. The van der Waals surface area contributed by atoms with Gasteiger partial charge in [0.25, 0.3) is 0 Å². The van der Waals surface area contributed by atoms with E-state index in [1.807, 2.05) is 60.4 Å². The van der Waals surface area contributed by atoms with Crippen LogP contribution < -0.4 is 4.90 Å². The molecule has 1 aliphatic heterocycles. The van der Waals surface area contributed by atoms with Crippen LogP contribution in [0.25, 0.3) is 22.0 Å². The number of hydrogen-bond donors (Lipinski definition) is 1. The summed E-state index contributed by atoms with van der Waals surface area (Å²) in [5, 5.41) is 1.07. The molecule has 2 aromatic heterocycles. The van der Waals surface area contributed by atoms with Crippen LogP contribution in [0.3, 0.4) is 0 Å². The Balaban J connectivity index is 1.51. The molecule has 168 valence electrons. The van der Waals surface area contributed by atoms with E-state index in [-0.39, 0.29) is 17.8 Å². The average Bonchev–Trinajstić information content (AvgIpc) is 3.46. The zero-order valence-corrected chi connectivity index (χ0v) is 18.8. The Morgan fingerprint density at radius 1 is 1.21 bits per heavy atom. The third kappa shape index (κ3) is 4.06. The lowest BCUT2D eigenvalue weighted by molar-refractivity contribution is -0.131. The van der Waals surface area contributed by atoms with Gasteiger partial charge in [-0.2, -0.15) is 0 Å². The second-order valence-corrected chi connectivity index (χ2v) is 8.66. The zero-order chi connectivity index (χ0) is 22.9. The minimum atomic E-state index is -0.311. The fourth-order valence-corrected chi connectivity index (χ4v) is 4.62. The molecule has 1 N–H and O–H groups in total. The molecule has 4 aromatic rings. The van der Waals surface area contributed by atoms with Gasteiger partial charge in [0.2, 0.25) is 11.9 Å². The summed E-state index contributed by atoms with van der Waals surface area (Å²) in [4.78, 5) is 29.8. The fraction of sp³-hybridized carbons (Fsp3) is 0.269. The van der Waals surface area contributed by atoms with Gasteiger partial charge in [-0.05, 0) is 42.2 Å². The summed E-state index contributed by atoms with van der Waals surface area (Å²) in [6, 6.07) is 14.3. The average molecular weight is 444 g/mol. The number of likely N-dealkylation sites (tertiary alicyclic amines) is 1. The first-order valence-electron chi connectivity index (χ1n) is 11.2. The van der Waals surface area contributed by atoms with Crippen LogP contribution in [0.1, 0.15) is 30.1 Å². The Bertz CT molecular complexity index is 1320. The van der Waals surface area contributed by atoms with E-state index >= 15 is 0 Å². The number of amides is 1. The third-order valence-electron chi connectivity index (χ3n) is 6.25. The maximum atomic E-state index is 14.0. The molecule has 0 aliphatic carbocycles. The number of anilines is 1. The number of benzene rings is 2. The first kappa shape index (κ1) is 21.1. The Hall–Kier alpha value is -3.74. The second-order valence-electron chi connectivity index (χ2n) is 8.66. The van der Waals surface area contributed by atoms with Crippen LogP contribution >= 0.6 is 0 Å². The lowest BCUT2D eigenvalue weighted by atomic mass is 9.99. The summed E-state index contributed by atoms with van der Waals surface area (Å²) < 4.78 is 14.0. The van der Waals surface area contributed by atoms with Crippen LogP contribution in [0.4, 0.5) is 10.3 Å². The number of carbonyl (C=O) groups is 1. The number of hydrogen-bond acceptors (Lipinski definition) is 4. The van der Waals surface area contributed by atoms with Gasteiger partial charge in [-0.1, -0.05) is 30.3 Å². The highest BCUT2D eigenvalue weighted by Crippen LogP contribution is 2.37. The van der Waals surface area contributed by atoms with Gasteiger partial charge < -0.3 is 14.8 Å². The molecule has 1 fully saturated rings. The number of carbonyl (C=O) groups excluding carboxylic acids is 1. The summed E-state index contributed by atoms with van der Waals surface area (Å²) in [5.41, 5.74) is 4.26. The lowest BCUT2D eigenvalue weighted by Gasteiger charge is -2.27. The van der Waals surface area contributed by atoms with E-state index in [1.165, 1.54) is 12.1 Å². The van der Waals surface area contributed by atoms with E-state index < -0.39 is 0 Å². The smallest absolute Gasteiger partial charge is 0.227 e. The lowest BCUT2D eigenvalue weighted by Crippen LogP contribution is -2.32. The van der Waals surface area contributed by atoms with Crippen molar-refractivity contribution >= 4 is 22.8 Å². The normalized spacial score (nSPS) is 15.8. The highest BCUT2D eigenvalue weighted by molar-refractivity contribution is 5.89. The molecular formula is C26H26FN5O. The van der Waals surface area contributed by atoms with Crippen molar-refractivity contribution in [2.45, 2.75) is 25.3 Å². The Labute approximate surface area is 192 Å².